The number of anilines is 1. The van der Waals surface area contributed by atoms with Gasteiger partial charge in [0.2, 0.25) is 0 Å². The highest BCUT2D eigenvalue weighted by molar-refractivity contribution is 5.85. The Morgan fingerprint density at radius 2 is 2.19 bits per heavy atom. The lowest BCUT2D eigenvalue weighted by molar-refractivity contribution is 0.742. The summed E-state index contributed by atoms with van der Waals surface area (Å²) < 4.78 is 2.01. The van der Waals surface area contributed by atoms with Gasteiger partial charge in [0, 0.05) is 19.8 Å². The number of hydrogen-bond acceptors (Lipinski definition) is 3. The van der Waals surface area contributed by atoms with E-state index in [0.717, 1.165) is 23.4 Å². The molecule has 0 atom stereocenters. The zero-order valence-corrected chi connectivity index (χ0v) is 9.90. The maximum absolute atomic E-state index is 4.36. The van der Waals surface area contributed by atoms with E-state index < -0.39 is 0 Å². The quantitative estimate of drug-likeness (QED) is 0.784. The molecule has 0 aliphatic heterocycles. The van der Waals surface area contributed by atoms with Crippen LogP contribution in [-0.4, -0.2) is 21.1 Å². The molecule has 0 aliphatic carbocycles. The van der Waals surface area contributed by atoms with Gasteiger partial charge >= 0.3 is 0 Å². The van der Waals surface area contributed by atoms with Crippen molar-refractivity contribution in [3.8, 4) is 0 Å². The molecule has 0 aromatic carbocycles. The van der Waals surface area contributed by atoms with Crippen molar-refractivity contribution in [2.75, 3.05) is 11.9 Å². The summed E-state index contributed by atoms with van der Waals surface area (Å²) in [6.07, 6.45) is 7.32. The Balaban J connectivity index is 2.11. The van der Waals surface area contributed by atoms with Crippen LogP contribution in [-0.2, 0) is 7.05 Å². The van der Waals surface area contributed by atoms with Crippen molar-refractivity contribution in [1.82, 2.24) is 14.5 Å². The van der Waals surface area contributed by atoms with Crippen molar-refractivity contribution in [3.05, 3.63) is 18.6 Å². The van der Waals surface area contributed by atoms with Gasteiger partial charge in [0.25, 0.3) is 0 Å². The topological polar surface area (TPSA) is 42.7 Å². The molecule has 4 nitrogen and oxygen atoms in total. The van der Waals surface area contributed by atoms with Crippen LogP contribution >= 0.6 is 0 Å². The third-order valence-corrected chi connectivity index (χ3v) is 2.72. The van der Waals surface area contributed by atoms with Crippen LogP contribution in [0.4, 0.5) is 5.82 Å². The first-order valence-electron chi connectivity index (χ1n) is 5.83. The second kappa shape index (κ2) is 4.96. The summed E-state index contributed by atoms with van der Waals surface area (Å²) in [6.45, 7) is 3.17. The number of imidazole rings is 1. The molecular weight excluding hydrogens is 200 g/mol. The molecule has 0 saturated heterocycles. The van der Waals surface area contributed by atoms with Crippen LogP contribution in [0.1, 0.15) is 26.2 Å². The first kappa shape index (κ1) is 10.9. The summed E-state index contributed by atoms with van der Waals surface area (Å²) in [4.78, 5) is 8.69. The largest absolute Gasteiger partial charge is 0.368 e. The molecule has 0 spiro atoms. The van der Waals surface area contributed by atoms with Gasteiger partial charge in [-0.2, -0.15) is 0 Å². The minimum absolute atomic E-state index is 0.897. The van der Waals surface area contributed by atoms with Gasteiger partial charge in [-0.25, -0.2) is 9.97 Å². The van der Waals surface area contributed by atoms with E-state index in [9.17, 15) is 0 Å². The van der Waals surface area contributed by atoms with E-state index in [-0.39, 0.29) is 0 Å². The number of hydrogen-bond donors (Lipinski definition) is 1. The number of rotatable bonds is 5. The second-order valence-electron chi connectivity index (χ2n) is 4.02. The smallest absolute Gasteiger partial charge is 0.154 e. The van der Waals surface area contributed by atoms with E-state index in [1.54, 1.807) is 0 Å². The van der Waals surface area contributed by atoms with Gasteiger partial charge in [0.15, 0.2) is 5.82 Å². The van der Waals surface area contributed by atoms with Gasteiger partial charge in [0.1, 0.15) is 5.52 Å². The van der Waals surface area contributed by atoms with Crippen LogP contribution in [0.3, 0.4) is 0 Å². The minimum Gasteiger partial charge on any atom is -0.368 e. The first-order valence-corrected chi connectivity index (χ1v) is 5.83. The first-order chi connectivity index (χ1) is 7.83. The number of aryl methyl sites for hydroxylation is 1. The molecule has 86 valence electrons. The van der Waals surface area contributed by atoms with E-state index >= 15 is 0 Å². The Bertz CT molecular complexity index is 461. The number of aromatic nitrogens is 3. The molecule has 0 amide bonds. The van der Waals surface area contributed by atoms with Gasteiger partial charge < -0.3 is 9.88 Å². The van der Waals surface area contributed by atoms with Crippen LogP contribution in [0.2, 0.25) is 0 Å². The molecule has 2 aromatic rings. The Morgan fingerprint density at radius 3 is 3.00 bits per heavy atom. The zero-order chi connectivity index (χ0) is 11.4. The molecule has 0 radical (unpaired) electrons. The van der Waals surface area contributed by atoms with Gasteiger partial charge in [-0.15, -0.1) is 0 Å². The van der Waals surface area contributed by atoms with Crippen LogP contribution in [0.15, 0.2) is 18.6 Å². The Kier molecular flexibility index (Phi) is 3.39. The predicted octanol–water partition coefficient (Wildman–Crippen LogP) is 2.57. The molecule has 0 fully saturated rings. The lowest BCUT2D eigenvalue weighted by Crippen LogP contribution is -2.03. The van der Waals surface area contributed by atoms with Crippen LogP contribution < -0.4 is 5.32 Å². The molecule has 4 heteroatoms. The second-order valence-corrected chi connectivity index (χ2v) is 4.02. The summed E-state index contributed by atoms with van der Waals surface area (Å²) in [5.41, 5.74) is 2.08. The van der Waals surface area contributed by atoms with Crippen molar-refractivity contribution in [3.63, 3.8) is 0 Å². The molecule has 0 bridgehead atoms. The molecule has 2 rings (SSSR count). The standard InChI is InChI=1S/C12H18N4/c1-3-4-5-7-13-12-11-10(6-8-14-12)16(2)9-15-11/h6,8-9H,3-5,7H2,1-2H3,(H,13,14). The Labute approximate surface area is 95.7 Å². The molecule has 0 aliphatic rings. The number of nitrogens with zero attached hydrogens (tertiary/aromatic N) is 3. The number of nitrogens with one attached hydrogen (secondary N) is 1. The van der Waals surface area contributed by atoms with Crippen LogP contribution in [0, 0.1) is 0 Å². The molecule has 1 N–H and O–H groups in total. The number of fused-ring (bicyclic) bond motifs is 1. The number of pyridine rings is 1. The molecule has 16 heavy (non-hydrogen) atoms. The lowest BCUT2D eigenvalue weighted by atomic mass is 10.2. The normalized spacial score (nSPS) is 10.9. The van der Waals surface area contributed by atoms with Crippen molar-refractivity contribution in [1.29, 1.82) is 0 Å². The Hall–Kier alpha value is -1.58. The highest BCUT2D eigenvalue weighted by Crippen LogP contribution is 2.18. The van der Waals surface area contributed by atoms with E-state index in [0.29, 0.717) is 0 Å². The third-order valence-electron chi connectivity index (χ3n) is 2.72. The summed E-state index contributed by atoms with van der Waals surface area (Å²) in [5, 5.41) is 3.35. The summed E-state index contributed by atoms with van der Waals surface area (Å²) in [7, 11) is 2.00. The average molecular weight is 218 g/mol. The monoisotopic (exact) mass is 218 g/mol. The van der Waals surface area contributed by atoms with Gasteiger partial charge in [-0.05, 0) is 12.5 Å². The van der Waals surface area contributed by atoms with Crippen LogP contribution in [0.25, 0.3) is 11.0 Å². The molecular formula is C12H18N4. The fraction of sp³-hybridized carbons (Fsp3) is 0.500. The molecule has 0 unspecified atom stereocenters. The zero-order valence-electron chi connectivity index (χ0n) is 9.90. The van der Waals surface area contributed by atoms with Crippen molar-refractivity contribution >= 4 is 16.9 Å². The average Bonchev–Trinajstić information content (AvgIpc) is 2.68. The molecule has 2 aromatic heterocycles. The minimum atomic E-state index is 0.897. The van der Waals surface area contributed by atoms with Crippen molar-refractivity contribution < 1.29 is 0 Å². The highest BCUT2D eigenvalue weighted by atomic mass is 15.1. The van der Waals surface area contributed by atoms with E-state index in [2.05, 4.69) is 22.2 Å². The predicted molar refractivity (Wildman–Crippen MR) is 66.5 cm³/mol. The van der Waals surface area contributed by atoms with Crippen molar-refractivity contribution in [2.45, 2.75) is 26.2 Å². The van der Waals surface area contributed by atoms with Crippen LogP contribution in [0.5, 0.6) is 0 Å². The van der Waals surface area contributed by atoms with Gasteiger partial charge in [-0.1, -0.05) is 19.8 Å². The maximum Gasteiger partial charge on any atom is 0.154 e. The lowest BCUT2D eigenvalue weighted by Gasteiger charge is -2.05. The molecule has 0 saturated carbocycles. The fourth-order valence-corrected chi connectivity index (χ4v) is 1.77. The SMILES string of the molecule is CCCCCNc1nccc2c1ncn2C. The molecule has 2 heterocycles. The van der Waals surface area contributed by atoms with E-state index in [4.69, 9.17) is 0 Å². The van der Waals surface area contributed by atoms with E-state index in [1.807, 2.05) is 30.2 Å². The summed E-state index contributed by atoms with van der Waals surface area (Å²) >= 11 is 0. The highest BCUT2D eigenvalue weighted by Gasteiger charge is 2.05. The Morgan fingerprint density at radius 1 is 1.31 bits per heavy atom. The van der Waals surface area contributed by atoms with E-state index in [1.165, 1.54) is 19.3 Å². The summed E-state index contributed by atoms with van der Waals surface area (Å²) in [5.74, 6) is 0.897. The fourth-order valence-electron chi connectivity index (χ4n) is 1.77. The van der Waals surface area contributed by atoms with Gasteiger partial charge in [0.05, 0.1) is 11.8 Å². The maximum atomic E-state index is 4.36. The number of unbranched alkanes of at least 4 members (excludes halogenated alkanes) is 2. The van der Waals surface area contributed by atoms with Crippen molar-refractivity contribution in [2.24, 2.45) is 7.05 Å². The van der Waals surface area contributed by atoms with Gasteiger partial charge in [-0.3, -0.25) is 0 Å². The summed E-state index contributed by atoms with van der Waals surface area (Å²) in [6, 6.07) is 1.99. The third kappa shape index (κ3) is 2.15.